The van der Waals surface area contributed by atoms with Crippen molar-refractivity contribution < 1.29 is 29.8 Å². The molecule has 1 saturated heterocycles. The molecular weight excluding hydrogens is 444 g/mol. The van der Waals surface area contributed by atoms with E-state index in [0.717, 1.165) is 16.7 Å². The molecule has 1 aliphatic rings. The molecule has 0 unspecified atom stereocenters. The van der Waals surface area contributed by atoms with Crippen LogP contribution in [0.3, 0.4) is 0 Å². The number of benzene rings is 3. The van der Waals surface area contributed by atoms with Gasteiger partial charge in [0.15, 0.2) is 0 Å². The third kappa shape index (κ3) is 8.01. The number of carbonyl (C=O) groups excluding carboxylic acids is 1. The molecule has 0 aromatic heterocycles. The second-order valence-corrected chi connectivity index (χ2v) is 8.37. The van der Waals surface area contributed by atoms with Crippen LogP contribution in [0, 0.1) is 0 Å². The molecule has 0 aliphatic carbocycles. The highest BCUT2D eigenvalue weighted by atomic mass is 16.7. The van der Waals surface area contributed by atoms with E-state index in [1.807, 2.05) is 91.0 Å². The second kappa shape index (κ2) is 13.2. The third-order valence-electron chi connectivity index (χ3n) is 5.59. The number of hydrogen-bond acceptors (Lipinski definition) is 6. The molecule has 35 heavy (non-hydrogen) atoms. The lowest BCUT2D eigenvalue weighted by molar-refractivity contribution is -0.271. The predicted molar refractivity (Wildman–Crippen MR) is 131 cm³/mol. The molecule has 184 valence electrons. The number of ether oxygens (including phenoxy) is 5. The first-order valence-corrected chi connectivity index (χ1v) is 11.8. The molecule has 1 aliphatic heterocycles. The maximum absolute atomic E-state index is 11.8. The fourth-order valence-corrected chi connectivity index (χ4v) is 3.89. The van der Waals surface area contributed by atoms with Crippen LogP contribution in [-0.4, -0.2) is 37.2 Å². The number of esters is 1. The molecule has 3 aromatic rings. The molecule has 4 rings (SSSR count). The Bertz CT molecular complexity index is 1050. The molecule has 3 aromatic carbocycles. The summed E-state index contributed by atoms with van der Waals surface area (Å²) in [4.78, 5) is 11.8. The first-order chi connectivity index (χ1) is 17.6. The fourth-order valence-electron chi connectivity index (χ4n) is 3.89. The molecule has 0 N–H and O–H groups in total. The summed E-state index contributed by atoms with van der Waals surface area (Å²) in [6.45, 7) is 2.49. The molecule has 6 nitrogen and oxygen atoms in total. The van der Waals surface area contributed by atoms with Crippen molar-refractivity contribution in [1.82, 2.24) is 0 Å². The minimum atomic E-state index is -1.09. The first kappa shape index (κ1) is 23.7. The van der Waals surface area contributed by atoms with Crippen LogP contribution in [0.1, 0.15) is 31.4 Å². The largest absolute Gasteiger partial charge is 0.436 e. The topological polar surface area (TPSA) is 63.2 Å². The Balaban J connectivity index is 1.52. The summed E-state index contributed by atoms with van der Waals surface area (Å²) in [6.07, 6.45) is -4.02. The van der Waals surface area contributed by atoms with E-state index < -0.39 is 37.0 Å². The van der Waals surface area contributed by atoms with Crippen LogP contribution in [0.25, 0.3) is 0 Å². The average molecular weight is 478 g/mol. The lowest BCUT2D eigenvalue weighted by Gasteiger charge is -2.40. The fraction of sp³-hybridized carbons (Fsp3) is 0.345. The third-order valence-corrected chi connectivity index (χ3v) is 5.59. The van der Waals surface area contributed by atoms with E-state index in [9.17, 15) is 4.79 Å². The van der Waals surface area contributed by atoms with Gasteiger partial charge >= 0.3 is 5.97 Å². The molecule has 0 bridgehead atoms. The van der Waals surface area contributed by atoms with Gasteiger partial charge in [-0.25, -0.2) is 0 Å². The van der Waals surface area contributed by atoms with Crippen LogP contribution >= 0.6 is 0 Å². The maximum Gasteiger partial charge on any atom is 0.304 e. The summed E-state index contributed by atoms with van der Waals surface area (Å²) in [7, 11) is 0. The van der Waals surface area contributed by atoms with Gasteiger partial charge in [-0.3, -0.25) is 4.79 Å². The lowest BCUT2D eigenvalue weighted by atomic mass is 10.0. The number of carbonyl (C=O) groups is 1. The van der Waals surface area contributed by atoms with E-state index in [4.69, 9.17) is 25.1 Å². The molecule has 0 amide bonds. The van der Waals surface area contributed by atoms with E-state index in [-0.39, 0.29) is 13.2 Å². The molecule has 1 fully saturated rings. The van der Waals surface area contributed by atoms with E-state index in [1.165, 1.54) is 6.92 Å². The van der Waals surface area contributed by atoms with Gasteiger partial charge in [0.1, 0.15) is 12.2 Å². The molecular formula is C29H32O6. The molecule has 6 heteroatoms. The summed E-state index contributed by atoms with van der Waals surface area (Å²) in [5.41, 5.74) is 2.99. The van der Waals surface area contributed by atoms with Crippen LogP contribution in [0.5, 0.6) is 0 Å². The first-order valence-electron chi connectivity index (χ1n) is 12.4. The number of rotatable bonds is 11. The quantitative estimate of drug-likeness (QED) is 0.360. The lowest BCUT2D eigenvalue weighted by Crippen LogP contribution is -2.53. The van der Waals surface area contributed by atoms with Gasteiger partial charge in [0, 0.05) is 14.7 Å². The van der Waals surface area contributed by atoms with Crippen molar-refractivity contribution in [1.29, 1.82) is 0 Å². The van der Waals surface area contributed by atoms with Crippen LogP contribution in [0.15, 0.2) is 91.0 Å². The summed E-state index contributed by atoms with van der Waals surface area (Å²) < 4.78 is 38.8. The SMILES string of the molecule is [2H][C@@H]1[C@@H](OC(C)=O)O[C@H](COCc2ccccc2)[C@@H](OCc2ccccc2)[C@@H]1OCc1ccccc1. The molecule has 0 saturated carbocycles. The van der Waals surface area contributed by atoms with Crippen molar-refractivity contribution in [2.24, 2.45) is 0 Å². The minimum Gasteiger partial charge on any atom is -0.436 e. The molecule has 1 heterocycles. The number of hydrogen-bond donors (Lipinski definition) is 0. The normalized spacial score (nSPS) is 24.5. The van der Waals surface area contributed by atoms with E-state index >= 15 is 0 Å². The van der Waals surface area contributed by atoms with E-state index in [0.29, 0.717) is 13.2 Å². The summed E-state index contributed by atoms with van der Waals surface area (Å²) in [5.74, 6) is -0.522. The Labute approximate surface area is 208 Å². The predicted octanol–water partition coefficient (Wildman–Crippen LogP) is 5.05. The Hall–Kier alpha value is -3.03. The van der Waals surface area contributed by atoms with Gasteiger partial charge in [0.2, 0.25) is 6.29 Å². The zero-order valence-electron chi connectivity index (χ0n) is 20.8. The standard InChI is InChI=1S/C29H32O6/c1-22(30)34-28-17-26(32-19-24-13-7-3-8-14-24)29(33-20-25-15-9-4-10-16-25)27(35-28)21-31-18-23-11-5-2-6-12-23/h2-16,26-29H,17-21H2,1H3/t26-,27-,28+,29+/m1/s1/i17D/t17-,26+,27+,28-,29-/m0. The summed E-state index contributed by atoms with van der Waals surface area (Å²) >= 11 is 0. The monoisotopic (exact) mass is 477 g/mol. The van der Waals surface area contributed by atoms with Gasteiger partial charge in [-0.2, -0.15) is 0 Å². The van der Waals surface area contributed by atoms with Crippen molar-refractivity contribution in [3.63, 3.8) is 0 Å². The van der Waals surface area contributed by atoms with Crippen molar-refractivity contribution in [2.45, 2.75) is 57.7 Å². The van der Waals surface area contributed by atoms with Crippen LogP contribution in [0.2, 0.25) is 0 Å². The highest BCUT2D eigenvalue weighted by Gasteiger charge is 2.42. The highest BCUT2D eigenvalue weighted by Crippen LogP contribution is 2.28. The van der Waals surface area contributed by atoms with E-state index in [1.54, 1.807) is 0 Å². The molecule has 0 spiro atoms. The van der Waals surface area contributed by atoms with Crippen LogP contribution in [-0.2, 0) is 48.3 Å². The smallest absolute Gasteiger partial charge is 0.304 e. The Morgan fingerprint density at radius 2 is 1.34 bits per heavy atom. The van der Waals surface area contributed by atoms with Crippen LogP contribution < -0.4 is 0 Å². The summed E-state index contributed by atoms with van der Waals surface area (Å²) in [5, 5.41) is 0. The van der Waals surface area contributed by atoms with Gasteiger partial charge < -0.3 is 23.7 Å². The maximum atomic E-state index is 11.8. The summed E-state index contributed by atoms with van der Waals surface area (Å²) in [6, 6.07) is 29.4. The van der Waals surface area contributed by atoms with Crippen molar-refractivity contribution in [3.8, 4) is 0 Å². The van der Waals surface area contributed by atoms with Gasteiger partial charge in [0.05, 0.1) is 32.5 Å². The average Bonchev–Trinajstić information content (AvgIpc) is 2.90. The zero-order valence-corrected chi connectivity index (χ0v) is 19.8. The Morgan fingerprint density at radius 3 is 1.89 bits per heavy atom. The van der Waals surface area contributed by atoms with Gasteiger partial charge in [-0.1, -0.05) is 91.0 Å². The van der Waals surface area contributed by atoms with Crippen molar-refractivity contribution >= 4 is 5.97 Å². The minimum absolute atomic E-state index is 0.185. The molecule has 5 atom stereocenters. The van der Waals surface area contributed by atoms with Gasteiger partial charge in [-0.15, -0.1) is 0 Å². The van der Waals surface area contributed by atoms with Gasteiger partial charge in [0.25, 0.3) is 0 Å². The van der Waals surface area contributed by atoms with Crippen LogP contribution in [0.4, 0.5) is 0 Å². The van der Waals surface area contributed by atoms with Crippen molar-refractivity contribution in [2.75, 3.05) is 6.61 Å². The second-order valence-electron chi connectivity index (χ2n) is 8.37. The molecule has 0 radical (unpaired) electrons. The van der Waals surface area contributed by atoms with Gasteiger partial charge in [-0.05, 0) is 16.7 Å². The zero-order chi connectivity index (χ0) is 25.2. The Morgan fingerprint density at radius 1 is 0.829 bits per heavy atom. The van der Waals surface area contributed by atoms with Crippen molar-refractivity contribution in [3.05, 3.63) is 108 Å². The highest BCUT2D eigenvalue weighted by molar-refractivity contribution is 5.66. The Kier molecular flexibility index (Phi) is 8.91. The van der Waals surface area contributed by atoms with E-state index in [2.05, 4.69) is 0 Å².